The summed E-state index contributed by atoms with van der Waals surface area (Å²) in [6.07, 6.45) is 5.37. The van der Waals surface area contributed by atoms with Crippen molar-refractivity contribution < 1.29 is 9.59 Å². The van der Waals surface area contributed by atoms with E-state index in [2.05, 4.69) is 9.97 Å². The highest BCUT2D eigenvalue weighted by Gasteiger charge is 2.30. The van der Waals surface area contributed by atoms with Gasteiger partial charge in [-0.2, -0.15) is 0 Å². The third-order valence-corrected chi connectivity index (χ3v) is 5.01. The molecule has 0 bridgehead atoms. The predicted octanol–water partition coefficient (Wildman–Crippen LogP) is 1.85. The number of carbonyl (C=O) groups excluding carboxylic acids is 2. The van der Waals surface area contributed by atoms with Gasteiger partial charge in [-0.25, -0.2) is 9.97 Å². The fourth-order valence-corrected chi connectivity index (χ4v) is 3.57. The minimum absolute atomic E-state index is 0.0273. The highest BCUT2D eigenvalue weighted by Crippen LogP contribution is 2.21. The van der Waals surface area contributed by atoms with Crippen molar-refractivity contribution in [2.75, 3.05) is 13.1 Å². The van der Waals surface area contributed by atoms with Crippen molar-refractivity contribution in [2.24, 2.45) is 13.0 Å². The lowest BCUT2D eigenvalue weighted by molar-refractivity contribution is -0.131. The molecule has 1 amide bonds. The lowest BCUT2D eigenvalue weighted by Gasteiger charge is -2.31. The van der Waals surface area contributed by atoms with Crippen molar-refractivity contribution in [3.8, 4) is 0 Å². The Morgan fingerprint density at radius 1 is 1.43 bits per heavy atom. The standard InChI is InChI=1S/C16H20N4O2S/c1-11-18-13(10-23-11)8-14(21)20-6-3-4-12(9-20)15(22)16-17-5-7-19(16)2/h5,7,10,12H,3-4,6,8-9H2,1-2H3. The first-order chi connectivity index (χ1) is 11.0. The summed E-state index contributed by atoms with van der Waals surface area (Å²) in [6, 6.07) is 0. The molecule has 0 aromatic carbocycles. The molecule has 1 fully saturated rings. The molecular weight excluding hydrogens is 312 g/mol. The van der Waals surface area contributed by atoms with E-state index in [4.69, 9.17) is 0 Å². The first-order valence-electron chi connectivity index (χ1n) is 7.75. The van der Waals surface area contributed by atoms with Gasteiger partial charge in [0.2, 0.25) is 11.7 Å². The summed E-state index contributed by atoms with van der Waals surface area (Å²) in [4.78, 5) is 35.3. The summed E-state index contributed by atoms with van der Waals surface area (Å²) in [6.45, 7) is 3.13. The quantitative estimate of drug-likeness (QED) is 0.801. The molecule has 1 unspecified atom stereocenters. The molecule has 0 saturated carbocycles. The number of nitrogens with zero attached hydrogens (tertiary/aromatic N) is 4. The van der Waals surface area contributed by atoms with Crippen LogP contribution < -0.4 is 0 Å². The number of piperidine rings is 1. The molecule has 2 aromatic heterocycles. The zero-order valence-corrected chi connectivity index (χ0v) is 14.2. The number of rotatable bonds is 4. The number of ketones is 1. The van der Waals surface area contributed by atoms with Crippen LogP contribution in [-0.4, -0.2) is 44.2 Å². The summed E-state index contributed by atoms with van der Waals surface area (Å²) in [5.41, 5.74) is 0.815. The lowest BCUT2D eigenvalue weighted by atomic mass is 9.93. The number of aryl methyl sites for hydroxylation is 2. The van der Waals surface area contributed by atoms with Crippen LogP contribution in [0.4, 0.5) is 0 Å². The minimum atomic E-state index is -0.161. The van der Waals surface area contributed by atoms with Gasteiger partial charge in [0, 0.05) is 43.8 Å². The summed E-state index contributed by atoms with van der Waals surface area (Å²) in [5, 5.41) is 2.89. The smallest absolute Gasteiger partial charge is 0.228 e. The Labute approximate surface area is 139 Å². The van der Waals surface area contributed by atoms with Crippen LogP contribution >= 0.6 is 11.3 Å². The molecule has 3 heterocycles. The Hall–Kier alpha value is -2.02. The topological polar surface area (TPSA) is 68.1 Å². The molecule has 0 radical (unpaired) electrons. The first kappa shape index (κ1) is 15.9. The number of Topliss-reactive ketones (excluding diaryl/α,β-unsaturated/α-hetero) is 1. The SMILES string of the molecule is Cc1nc(CC(=O)N2CCCC(C(=O)c3nccn3C)C2)cs1. The highest BCUT2D eigenvalue weighted by molar-refractivity contribution is 7.09. The van der Waals surface area contributed by atoms with E-state index in [0.717, 1.165) is 23.5 Å². The first-order valence-corrected chi connectivity index (χ1v) is 8.63. The maximum atomic E-state index is 12.6. The van der Waals surface area contributed by atoms with Crippen LogP contribution in [0, 0.1) is 12.8 Å². The largest absolute Gasteiger partial charge is 0.342 e. The molecular formula is C16H20N4O2S. The molecule has 23 heavy (non-hydrogen) atoms. The van der Waals surface area contributed by atoms with Crippen molar-refractivity contribution in [3.63, 3.8) is 0 Å². The van der Waals surface area contributed by atoms with Crippen molar-refractivity contribution in [1.29, 1.82) is 0 Å². The van der Waals surface area contributed by atoms with Crippen LogP contribution in [0.15, 0.2) is 17.8 Å². The summed E-state index contributed by atoms with van der Waals surface area (Å²) in [5.74, 6) is 0.387. The monoisotopic (exact) mass is 332 g/mol. The molecule has 6 nitrogen and oxygen atoms in total. The molecule has 7 heteroatoms. The van der Waals surface area contributed by atoms with Gasteiger partial charge >= 0.3 is 0 Å². The van der Waals surface area contributed by atoms with E-state index in [0.29, 0.717) is 25.3 Å². The maximum absolute atomic E-state index is 12.6. The Morgan fingerprint density at radius 3 is 2.91 bits per heavy atom. The number of likely N-dealkylation sites (tertiary alicyclic amines) is 1. The van der Waals surface area contributed by atoms with Gasteiger partial charge in [-0.15, -0.1) is 11.3 Å². The number of imidazole rings is 1. The normalized spacial score (nSPS) is 18.2. The zero-order chi connectivity index (χ0) is 16.4. The fourth-order valence-electron chi connectivity index (χ4n) is 2.96. The molecule has 122 valence electrons. The third kappa shape index (κ3) is 3.50. The van der Waals surface area contributed by atoms with E-state index >= 15 is 0 Å². The van der Waals surface area contributed by atoms with Crippen LogP contribution in [0.25, 0.3) is 0 Å². The predicted molar refractivity (Wildman–Crippen MR) is 87.4 cm³/mol. The van der Waals surface area contributed by atoms with Crippen LogP contribution in [0.2, 0.25) is 0 Å². The van der Waals surface area contributed by atoms with E-state index in [1.54, 1.807) is 33.2 Å². The van der Waals surface area contributed by atoms with Gasteiger partial charge in [0.15, 0.2) is 5.82 Å². The van der Waals surface area contributed by atoms with Gasteiger partial charge in [-0.3, -0.25) is 9.59 Å². The van der Waals surface area contributed by atoms with Crippen molar-refractivity contribution in [2.45, 2.75) is 26.2 Å². The van der Waals surface area contributed by atoms with Crippen molar-refractivity contribution >= 4 is 23.0 Å². The molecule has 1 aliphatic rings. The highest BCUT2D eigenvalue weighted by atomic mass is 32.1. The van der Waals surface area contributed by atoms with E-state index in [9.17, 15) is 9.59 Å². The van der Waals surface area contributed by atoms with Gasteiger partial charge in [0.05, 0.1) is 17.1 Å². The second-order valence-corrected chi connectivity index (χ2v) is 7.00. The number of hydrogen-bond acceptors (Lipinski definition) is 5. The van der Waals surface area contributed by atoms with Gasteiger partial charge in [0.25, 0.3) is 0 Å². The van der Waals surface area contributed by atoms with Crippen LogP contribution in [0.1, 0.15) is 34.2 Å². The Balaban J connectivity index is 1.65. The second kappa shape index (κ2) is 6.62. The number of aromatic nitrogens is 3. The average Bonchev–Trinajstić information content (AvgIpc) is 3.15. The Kier molecular flexibility index (Phi) is 4.56. The van der Waals surface area contributed by atoms with Crippen molar-refractivity contribution in [3.05, 3.63) is 34.3 Å². The number of carbonyl (C=O) groups is 2. The third-order valence-electron chi connectivity index (χ3n) is 4.19. The molecule has 1 saturated heterocycles. The van der Waals surface area contributed by atoms with Gasteiger partial charge < -0.3 is 9.47 Å². The molecule has 0 spiro atoms. The van der Waals surface area contributed by atoms with Crippen LogP contribution in [0.3, 0.4) is 0 Å². The number of hydrogen-bond donors (Lipinski definition) is 0. The van der Waals surface area contributed by atoms with Gasteiger partial charge in [-0.05, 0) is 19.8 Å². The van der Waals surface area contributed by atoms with Crippen LogP contribution in [-0.2, 0) is 18.3 Å². The lowest BCUT2D eigenvalue weighted by Crippen LogP contribution is -2.43. The van der Waals surface area contributed by atoms with E-state index in [1.807, 2.05) is 19.4 Å². The molecule has 0 N–H and O–H groups in total. The number of amides is 1. The number of thiazole rings is 1. The summed E-state index contributed by atoms with van der Waals surface area (Å²) >= 11 is 1.55. The Bertz CT molecular complexity index is 721. The van der Waals surface area contributed by atoms with E-state index < -0.39 is 0 Å². The molecule has 1 atom stereocenters. The fraction of sp³-hybridized carbons (Fsp3) is 0.500. The van der Waals surface area contributed by atoms with Crippen molar-refractivity contribution in [1.82, 2.24) is 19.4 Å². The van der Waals surface area contributed by atoms with Crippen LogP contribution in [0.5, 0.6) is 0 Å². The molecule has 3 rings (SSSR count). The zero-order valence-electron chi connectivity index (χ0n) is 13.4. The van der Waals surface area contributed by atoms with Gasteiger partial charge in [-0.1, -0.05) is 0 Å². The second-order valence-electron chi connectivity index (χ2n) is 5.94. The van der Waals surface area contributed by atoms with E-state index in [1.165, 1.54) is 0 Å². The molecule has 2 aromatic rings. The maximum Gasteiger partial charge on any atom is 0.228 e. The summed E-state index contributed by atoms with van der Waals surface area (Å²) < 4.78 is 1.74. The molecule has 1 aliphatic heterocycles. The average molecular weight is 332 g/mol. The van der Waals surface area contributed by atoms with Gasteiger partial charge in [0.1, 0.15) is 0 Å². The minimum Gasteiger partial charge on any atom is -0.342 e. The Morgan fingerprint density at radius 2 is 2.26 bits per heavy atom. The molecule has 0 aliphatic carbocycles. The van der Waals surface area contributed by atoms with E-state index in [-0.39, 0.29) is 17.6 Å². The summed E-state index contributed by atoms with van der Waals surface area (Å²) in [7, 11) is 1.82.